The molecular formula is C14H19BrFNO. The summed E-state index contributed by atoms with van der Waals surface area (Å²) in [6.45, 7) is 3.11. The van der Waals surface area contributed by atoms with Crippen molar-refractivity contribution in [2.45, 2.75) is 25.8 Å². The Kier molecular flexibility index (Phi) is 5.15. The smallest absolute Gasteiger partial charge is 0.123 e. The lowest BCUT2D eigenvalue weighted by Crippen LogP contribution is -2.35. The lowest BCUT2D eigenvalue weighted by Gasteiger charge is -2.32. The molecule has 1 aromatic carbocycles. The fourth-order valence-electron chi connectivity index (χ4n) is 2.62. The highest BCUT2D eigenvalue weighted by Crippen LogP contribution is 2.24. The van der Waals surface area contributed by atoms with E-state index in [9.17, 15) is 4.39 Å². The highest BCUT2D eigenvalue weighted by atomic mass is 79.9. The molecule has 0 spiro atoms. The predicted octanol–water partition coefficient (Wildman–Crippen LogP) is 3.18. The topological polar surface area (TPSA) is 23.5 Å². The standard InChI is InChI=1S/C14H19BrFNO/c15-14-4-3-13(16)8-12(14)10-17-6-1-2-11(9-17)5-7-18/h3-4,8,11,18H,1-2,5-7,9-10H2. The lowest BCUT2D eigenvalue weighted by molar-refractivity contribution is 0.142. The van der Waals surface area contributed by atoms with E-state index in [2.05, 4.69) is 20.8 Å². The van der Waals surface area contributed by atoms with Crippen LogP contribution in [0.25, 0.3) is 0 Å². The van der Waals surface area contributed by atoms with E-state index in [-0.39, 0.29) is 12.4 Å². The fraction of sp³-hybridized carbons (Fsp3) is 0.571. The Labute approximate surface area is 116 Å². The van der Waals surface area contributed by atoms with Gasteiger partial charge in [0.1, 0.15) is 5.82 Å². The minimum atomic E-state index is -0.183. The molecule has 1 aromatic rings. The van der Waals surface area contributed by atoms with E-state index in [0.717, 1.165) is 42.5 Å². The molecule has 1 aliphatic rings. The van der Waals surface area contributed by atoms with Crippen LogP contribution in [0.3, 0.4) is 0 Å². The maximum absolute atomic E-state index is 13.2. The molecule has 1 unspecified atom stereocenters. The summed E-state index contributed by atoms with van der Waals surface area (Å²) < 4.78 is 14.2. The molecule has 2 rings (SSSR count). The summed E-state index contributed by atoms with van der Waals surface area (Å²) in [7, 11) is 0. The number of aliphatic hydroxyl groups excluding tert-OH is 1. The Hall–Kier alpha value is -0.450. The monoisotopic (exact) mass is 315 g/mol. The van der Waals surface area contributed by atoms with Crippen molar-refractivity contribution in [2.24, 2.45) is 5.92 Å². The molecule has 0 aliphatic carbocycles. The van der Waals surface area contributed by atoms with E-state index >= 15 is 0 Å². The maximum Gasteiger partial charge on any atom is 0.123 e. The summed E-state index contributed by atoms with van der Waals surface area (Å²) in [5.74, 6) is 0.396. The van der Waals surface area contributed by atoms with Crippen molar-refractivity contribution >= 4 is 15.9 Å². The summed E-state index contributed by atoms with van der Waals surface area (Å²) in [5, 5.41) is 9.00. The SMILES string of the molecule is OCCC1CCCN(Cc2cc(F)ccc2Br)C1. The van der Waals surface area contributed by atoms with Gasteiger partial charge in [0.05, 0.1) is 0 Å². The van der Waals surface area contributed by atoms with Gasteiger partial charge in [-0.25, -0.2) is 4.39 Å². The van der Waals surface area contributed by atoms with E-state index in [1.54, 1.807) is 12.1 Å². The summed E-state index contributed by atoms with van der Waals surface area (Å²) >= 11 is 3.47. The number of likely N-dealkylation sites (tertiary alicyclic amines) is 1. The normalized spacial score (nSPS) is 21.2. The quantitative estimate of drug-likeness (QED) is 0.922. The lowest BCUT2D eigenvalue weighted by atomic mass is 9.95. The molecule has 0 amide bonds. The van der Waals surface area contributed by atoms with Crippen LogP contribution < -0.4 is 0 Å². The molecule has 0 bridgehead atoms. The zero-order valence-electron chi connectivity index (χ0n) is 10.4. The van der Waals surface area contributed by atoms with Gasteiger partial charge >= 0.3 is 0 Å². The van der Waals surface area contributed by atoms with Gasteiger partial charge in [-0.05, 0) is 55.5 Å². The molecule has 1 atom stereocenters. The Morgan fingerprint density at radius 2 is 2.28 bits per heavy atom. The average Bonchev–Trinajstić information content (AvgIpc) is 2.35. The van der Waals surface area contributed by atoms with Crippen LogP contribution in [-0.2, 0) is 6.54 Å². The molecule has 0 radical (unpaired) electrons. The molecule has 1 N–H and O–H groups in total. The summed E-state index contributed by atoms with van der Waals surface area (Å²) in [4.78, 5) is 2.35. The number of aliphatic hydroxyl groups is 1. The van der Waals surface area contributed by atoms with E-state index in [1.165, 1.54) is 12.5 Å². The van der Waals surface area contributed by atoms with E-state index < -0.39 is 0 Å². The molecule has 4 heteroatoms. The van der Waals surface area contributed by atoms with Gasteiger partial charge in [0, 0.05) is 24.2 Å². The predicted molar refractivity (Wildman–Crippen MR) is 73.8 cm³/mol. The third-order valence-electron chi connectivity index (χ3n) is 3.54. The number of halogens is 2. The largest absolute Gasteiger partial charge is 0.396 e. The number of benzene rings is 1. The molecular weight excluding hydrogens is 297 g/mol. The Morgan fingerprint density at radius 3 is 3.06 bits per heavy atom. The Bertz CT molecular complexity index is 397. The average molecular weight is 316 g/mol. The minimum absolute atomic E-state index is 0.183. The number of rotatable bonds is 4. The van der Waals surface area contributed by atoms with Crippen molar-refractivity contribution in [3.63, 3.8) is 0 Å². The molecule has 1 heterocycles. The van der Waals surface area contributed by atoms with Crippen LogP contribution in [0.15, 0.2) is 22.7 Å². The van der Waals surface area contributed by atoms with Gasteiger partial charge in [0.25, 0.3) is 0 Å². The first-order chi connectivity index (χ1) is 8.69. The number of nitrogens with zero attached hydrogens (tertiary/aromatic N) is 1. The van der Waals surface area contributed by atoms with Crippen molar-refractivity contribution < 1.29 is 9.50 Å². The van der Waals surface area contributed by atoms with E-state index in [0.29, 0.717) is 5.92 Å². The second-order valence-corrected chi connectivity index (χ2v) is 5.85. The van der Waals surface area contributed by atoms with Gasteiger partial charge in [-0.2, -0.15) is 0 Å². The third kappa shape index (κ3) is 3.77. The first-order valence-electron chi connectivity index (χ1n) is 6.46. The van der Waals surface area contributed by atoms with Crippen molar-refractivity contribution in [2.75, 3.05) is 19.7 Å². The molecule has 100 valence electrons. The van der Waals surface area contributed by atoms with Crippen molar-refractivity contribution in [1.82, 2.24) is 4.90 Å². The van der Waals surface area contributed by atoms with Gasteiger partial charge in [-0.3, -0.25) is 4.90 Å². The molecule has 0 saturated carbocycles. The Balaban J connectivity index is 1.98. The highest BCUT2D eigenvalue weighted by Gasteiger charge is 2.20. The highest BCUT2D eigenvalue weighted by molar-refractivity contribution is 9.10. The zero-order chi connectivity index (χ0) is 13.0. The molecule has 1 fully saturated rings. The van der Waals surface area contributed by atoms with Crippen LogP contribution in [0, 0.1) is 11.7 Å². The summed E-state index contributed by atoms with van der Waals surface area (Å²) in [5.41, 5.74) is 1.000. The molecule has 18 heavy (non-hydrogen) atoms. The molecule has 1 saturated heterocycles. The minimum Gasteiger partial charge on any atom is -0.396 e. The Morgan fingerprint density at radius 1 is 1.44 bits per heavy atom. The first-order valence-corrected chi connectivity index (χ1v) is 7.25. The number of hydrogen-bond acceptors (Lipinski definition) is 2. The van der Waals surface area contributed by atoms with Gasteiger partial charge in [0.15, 0.2) is 0 Å². The van der Waals surface area contributed by atoms with Crippen molar-refractivity contribution in [3.8, 4) is 0 Å². The van der Waals surface area contributed by atoms with Crippen LogP contribution in [0.5, 0.6) is 0 Å². The number of hydrogen-bond donors (Lipinski definition) is 1. The summed E-state index contributed by atoms with van der Waals surface area (Å²) in [6.07, 6.45) is 3.24. The van der Waals surface area contributed by atoms with Gasteiger partial charge in [-0.1, -0.05) is 15.9 Å². The maximum atomic E-state index is 13.2. The van der Waals surface area contributed by atoms with Crippen LogP contribution in [0.4, 0.5) is 4.39 Å². The van der Waals surface area contributed by atoms with Crippen LogP contribution in [0.1, 0.15) is 24.8 Å². The number of piperidine rings is 1. The second kappa shape index (κ2) is 6.64. The van der Waals surface area contributed by atoms with E-state index in [1.807, 2.05) is 0 Å². The zero-order valence-corrected chi connectivity index (χ0v) is 12.0. The van der Waals surface area contributed by atoms with Crippen LogP contribution in [-0.4, -0.2) is 29.7 Å². The molecule has 1 aliphatic heterocycles. The van der Waals surface area contributed by atoms with Crippen LogP contribution >= 0.6 is 15.9 Å². The fourth-order valence-corrected chi connectivity index (χ4v) is 2.99. The summed E-state index contributed by atoms with van der Waals surface area (Å²) in [6, 6.07) is 4.83. The van der Waals surface area contributed by atoms with Crippen molar-refractivity contribution in [3.05, 3.63) is 34.1 Å². The van der Waals surface area contributed by atoms with Crippen molar-refractivity contribution in [1.29, 1.82) is 0 Å². The van der Waals surface area contributed by atoms with E-state index in [4.69, 9.17) is 5.11 Å². The van der Waals surface area contributed by atoms with Gasteiger partial charge < -0.3 is 5.11 Å². The second-order valence-electron chi connectivity index (χ2n) is 4.99. The third-order valence-corrected chi connectivity index (χ3v) is 4.32. The molecule has 2 nitrogen and oxygen atoms in total. The van der Waals surface area contributed by atoms with Gasteiger partial charge in [-0.15, -0.1) is 0 Å². The molecule has 0 aromatic heterocycles. The first kappa shape index (κ1) is 14.0. The van der Waals surface area contributed by atoms with Gasteiger partial charge in [0.2, 0.25) is 0 Å². The van der Waals surface area contributed by atoms with Crippen LogP contribution in [0.2, 0.25) is 0 Å².